The Kier molecular flexibility index (Phi) is 5.64. The van der Waals surface area contributed by atoms with E-state index in [-0.39, 0.29) is 0 Å². The molecule has 3 heteroatoms. The fraction of sp³-hybridized carbons (Fsp3) is 1.00. The molecular formula is C14H28N2S. The number of nitrogens with one attached hydrogen (secondary N) is 1. The van der Waals surface area contributed by atoms with Crippen molar-refractivity contribution in [2.75, 3.05) is 37.7 Å². The van der Waals surface area contributed by atoms with Crippen LogP contribution < -0.4 is 5.32 Å². The molecule has 0 bridgehead atoms. The monoisotopic (exact) mass is 256 g/mol. The van der Waals surface area contributed by atoms with Crippen molar-refractivity contribution in [1.82, 2.24) is 10.2 Å². The van der Waals surface area contributed by atoms with Gasteiger partial charge in [-0.05, 0) is 69.5 Å². The second kappa shape index (κ2) is 7.01. The topological polar surface area (TPSA) is 15.3 Å². The Bertz CT molecular complexity index is 208. The lowest BCUT2D eigenvalue weighted by atomic mass is 9.96. The van der Waals surface area contributed by atoms with E-state index in [0.717, 1.165) is 17.9 Å². The average molecular weight is 256 g/mol. The summed E-state index contributed by atoms with van der Waals surface area (Å²) in [6, 6.07) is 0.718. The van der Waals surface area contributed by atoms with Crippen molar-refractivity contribution in [3.63, 3.8) is 0 Å². The van der Waals surface area contributed by atoms with E-state index in [1.807, 2.05) is 0 Å². The van der Waals surface area contributed by atoms with Crippen LogP contribution in [0.5, 0.6) is 0 Å². The van der Waals surface area contributed by atoms with Gasteiger partial charge in [-0.25, -0.2) is 0 Å². The van der Waals surface area contributed by atoms with Crippen molar-refractivity contribution in [3.05, 3.63) is 0 Å². The zero-order valence-corrected chi connectivity index (χ0v) is 12.3. The highest BCUT2D eigenvalue weighted by atomic mass is 32.2. The lowest BCUT2D eigenvalue weighted by Gasteiger charge is -2.34. The van der Waals surface area contributed by atoms with Gasteiger partial charge in [-0.2, -0.15) is 11.8 Å². The molecule has 2 rings (SSSR count). The quantitative estimate of drug-likeness (QED) is 0.813. The van der Waals surface area contributed by atoms with Crippen LogP contribution >= 0.6 is 11.8 Å². The zero-order chi connectivity index (χ0) is 12.1. The van der Waals surface area contributed by atoms with E-state index in [4.69, 9.17) is 0 Å². The standard InChI is InChI=1S/C14H28N2S/c1-12(2)16(10-14-5-8-17-11-14)9-13-3-6-15-7-4-13/h12-15H,3-11H2,1-2H3. The van der Waals surface area contributed by atoms with E-state index in [0.29, 0.717) is 0 Å². The number of hydrogen-bond acceptors (Lipinski definition) is 3. The first-order valence-corrected chi connectivity index (χ1v) is 8.43. The summed E-state index contributed by atoms with van der Waals surface area (Å²) in [5, 5.41) is 3.47. The van der Waals surface area contributed by atoms with Crippen LogP contribution in [0, 0.1) is 11.8 Å². The molecule has 2 aliphatic rings. The molecule has 0 saturated carbocycles. The Morgan fingerprint density at radius 3 is 2.41 bits per heavy atom. The van der Waals surface area contributed by atoms with Crippen LogP contribution in [0.15, 0.2) is 0 Å². The molecule has 1 unspecified atom stereocenters. The predicted molar refractivity (Wildman–Crippen MR) is 77.7 cm³/mol. The highest BCUT2D eigenvalue weighted by molar-refractivity contribution is 7.99. The van der Waals surface area contributed by atoms with Crippen molar-refractivity contribution in [1.29, 1.82) is 0 Å². The van der Waals surface area contributed by atoms with Gasteiger partial charge in [0.25, 0.3) is 0 Å². The number of hydrogen-bond donors (Lipinski definition) is 1. The molecule has 2 saturated heterocycles. The van der Waals surface area contributed by atoms with Gasteiger partial charge in [-0.15, -0.1) is 0 Å². The van der Waals surface area contributed by atoms with E-state index < -0.39 is 0 Å². The van der Waals surface area contributed by atoms with Gasteiger partial charge in [-0.3, -0.25) is 0 Å². The van der Waals surface area contributed by atoms with E-state index in [2.05, 4.69) is 35.8 Å². The molecule has 100 valence electrons. The summed E-state index contributed by atoms with van der Waals surface area (Å²) in [6.07, 6.45) is 4.20. The minimum absolute atomic E-state index is 0.718. The maximum Gasteiger partial charge on any atom is 0.00388 e. The molecular weight excluding hydrogens is 228 g/mol. The highest BCUT2D eigenvalue weighted by Crippen LogP contribution is 2.25. The summed E-state index contributed by atoms with van der Waals surface area (Å²) in [5.74, 6) is 4.69. The molecule has 0 radical (unpaired) electrons. The van der Waals surface area contributed by atoms with Crippen LogP contribution in [-0.4, -0.2) is 48.6 Å². The summed E-state index contributed by atoms with van der Waals surface area (Å²) in [6.45, 7) is 9.87. The SMILES string of the molecule is CC(C)N(CC1CCNCC1)CC1CCSC1. The zero-order valence-electron chi connectivity index (χ0n) is 11.5. The number of thioether (sulfide) groups is 1. The van der Waals surface area contributed by atoms with Crippen molar-refractivity contribution in [3.8, 4) is 0 Å². The third kappa shape index (κ3) is 4.46. The first kappa shape index (κ1) is 13.7. The maximum absolute atomic E-state index is 3.47. The van der Waals surface area contributed by atoms with Crippen LogP contribution in [0.4, 0.5) is 0 Å². The van der Waals surface area contributed by atoms with Crippen LogP contribution in [0.2, 0.25) is 0 Å². The summed E-state index contributed by atoms with van der Waals surface area (Å²) >= 11 is 2.15. The number of nitrogens with zero attached hydrogens (tertiary/aromatic N) is 1. The molecule has 0 aliphatic carbocycles. The van der Waals surface area contributed by atoms with Gasteiger partial charge in [0.05, 0.1) is 0 Å². The second-order valence-electron chi connectivity index (χ2n) is 5.97. The van der Waals surface area contributed by atoms with E-state index in [1.165, 1.54) is 56.9 Å². The van der Waals surface area contributed by atoms with Gasteiger partial charge >= 0.3 is 0 Å². The molecule has 0 aromatic rings. The Labute approximate surface area is 111 Å². The fourth-order valence-corrected chi connectivity index (χ4v) is 4.22. The third-order valence-electron chi connectivity index (χ3n) is 4.20. The number of piperidine rings is 1. The maximum atomic E-state index is 3.47. The van der Waals surface area contributed by atoms with Crippen molar-refractivity contribution < 1.29 is 0 Å². The summed E-state index contributed by atoms with van der Waals surface area (Å²) in [7, 11) is 0. The largest absolute Gasteiger partial charge is 0.317 e. The Morgan fingerprint density at radius 2 is 1.82 bits per heavy atom. The molecule has 0 aromatic carbocycles. The van der Waals surface area contributed by atoms with Gasteiger partial charge in [-0.1, -0.05) is 0 Å². The van der Waals surface area contributed by atoms with Crippen molar-refractivity contribution >= 4 is 11.8 Å². The third-order valence-corrected chi connectivity index (χ3v) is 5.43. The first-order chi connectivity index (χ1) is 8.25. The molecule has 0 amide bonds. The van der Waals surface area contributed by atoms with Crippen molar-refractivity contribution in [2.24, 2.45) is 11.8 Å². The molecule has 2 aliphatic heterocycles. The van der Waals surface area contributed by atoms with Crippen LogP contribution in [-0.2, 0) is 0 Å². The normalized spacial score (nSPS) is 27.2. The van der Waals surface area contributed by atoms with Crippen LogP contribution in [0.3, 0.4) is 0 Å². The van der Waals surface area contributed by atoms with Crippen molar-refractivity contribution in [2.45, 2.75) is 39.2 Å². The second-order valence-corrected chi connectivity index (χ2v) is 7.12. The number of rotatable bonds is 5. The molecule has 2 fully saturated rings. The molecule has 1 N–H and O–H groups in total. The van der Waals surface area contributed by atoms with Gasteiger partial charge in [0.15, 0.2) is 0 Å². The average Bonchev–Trinajstić information content (AvgIpc) is 2.82. The Morgan fingerprint density at radius 1 is 1.12 bits per heavy atom. The summed E-state index contributed by atoms with van der Waals surface area (Å²) < 4.78 is 0. The Hall–Kier alpha value is 0.270. The van der Waals surface area contributed by atoms with Crippen LogP contribution in [0.1, 0.15) is 33.1 Å². The fourth-order valence-electron chi connectivity index (χ4n) is 2.95. The highest BCUT2D eigenvalue weighted by Gasteiger charge is 2.23. The lowest BCUT2D eigenvalue weighted by Crippen LogP contribution is -2.41. The van der Waals surface area contributed by atoms with E-state index in [9.17, 15) is 0 Å². The predicted octanol–water partition coefficient (Wildman–Crippen LogP) is 2.45. The lowest BCUT2D eigenvalue weighted by molar-refractivity contribution is 0.150. The molecule has 2 heterocycles. The minimum Gasteiger partial charge on any atom is -0.317 e. The van der Waals surface area contributed by atoms with Gasteiger partial charge in [0.2, 0.25) is 0 Å². The molecule has 0 spiro atoms. The van der Waals surface area contributed by atoms with Crippen LogP contribution in [0.25, 0.3) is 0 Å². The summed E-state index contributed by atoms with van der Waals surface area (Å²) in [5.41, 5.74) is 0. The minimum atomic E-state index is 0.718. The smallest absolute Gasteiger partial charge is 0.00388 e. The van der Waals surface area contributed by atoms with Gasteiger partial charge < -0.3 is 10.2 Å². The first-order valence-electron chi connectivity index (χ1n) is 7.28. The summed E-state index contributed by atoms with van der Waals surface area (Å²) in [4.78, 5) is 2.74. The molecule has 0 aromatic heterocycles. The molecule has 1 atom stereocenters. The van der Waals surface area contributed by atoms with Gasteiger partial charge in [0.1, 0.15) is 0 Å². The molecule has 2 nitrogen and oxygen atoms in total. The Balaban J connectivity index is 1.78. The molecule has 17 heavy (non-hydrogen) atoms. The van der Waals surface area contributed by atoms with Gasteiger partial charge in [0, 0.05) is 19.1 Å². The van der Waals surface area contributed by atoms with E-state index in [1.54, 1.807) is 0 Å². The van der Waals surface area contributed by atoms with E-state index >= 15 is 0 Å².